The second-order valence-corrected chi connectivity index (χ2v) is 4.62. The fourth-order valence-corrected chi connectivity index (χ4v) is 2.05. The lowest BCUT2D eigenvalue weighted by Gasteiger charge is -2.25. The van der Waals surface area contributed by atoms with Gasteiger partial charge in [-0.05, 0) is 25.7 Å². The molecule has 0 spiro atoms. The number of rotatable bonds is 2. The Balaban J connectivity index is 2.09. The van der Waals surface area contributed by atoms with Crippen molar-refractivity contribution in [3.05, 3.63) is 0 Å². The molecule has 0 bridgehead atoms. The van der Waals surface area contributed by atoms with Crippen LogP contribution in [0.1, 0.15) is 32.6 Å². The van der Waals surface area contributed by atoms with E-state index in [9.17, 15) is 9.59 Å². The Kier molecular flexibility index (Phi) is 2.01. The number of amides is 2. The molecule has 2 amide bonds. The lowest BCUT2D eigenvalue weighted by Crippen LogP contribution is -2.46. The van der Waals surface area contributed by atoms with E-state index in [0.29, 0.717) is 6.54 Å². The average Bonchev–Trinajstić information content (AvgIpc) is 2.69. The zero-order valence-corrected chi connectivity index (χ0v) is 8.45. The minimum atomic E-state index is -0.361. The van der Waals surface area contributed by atoms with Gasteiger partial charge in [0.05, 0.1) is 0 Å². The summed E-state index contributed by atoms with van der Waals surface area (Å²) < 4.78 is 0. The molecule has 1 saturated heterocycles. The number of likely N-dealkylation sites (tertiary alicyclic amines) is 1. The summed E-state index contributed by atoms with van der Waals surface area (Å²) in [6.07, 6.45) is 3.54. The summed E-state index contributed by atoms with van der Waals surface area (Å²) in [6, 6.07) is -0.347. The number of hydrogen-bond donors (Lipinski definition) is 1. The summed E-state index contributed by atoms with van der Waals surface area (Å²) in [5.74, 6) is -0.237. The third-order valence-corrected chi connectivity index (χ3v) is 3.36. The molecule has 2 N–H and O–H groups in total. The molecule has 4 nitrogen and oxygen atoms in total. The predicted molar refractivity (Wildman–Crippen MR) is 51.3 cm³/mol. The largest absolute Gasteiger partial charge is 0.368 e. The Morgan fingerprint density at radius 1 is 1.43 bits per heavy atom. The SMILES string of the molecule is CC1(C(=O)N2CCCC2C(N)=O)CC1. The van der Waals surface area contributed by atoms with Crippen LogP contribution in [0.15, 0.2) is 0 Å². The summed E-state index contributed by atoms with van der Waals surface area (Å²) >= 11 is 0. The molecule has 1 heterocycles. The fraction of sp³-hybridized carbons (Fsp3) is 0.800. The maximum absolute atomic E-state index is 12.0. The summed E-state index contributed by atoms with van der Waals surface area (Å²) in [5.41, 5.74) is 5.07. The molecule has 2 aliphatic rings. The quantitative estimate of drug-likeness (QED) is 0.688. The lowest BCUT2D eigenvalue weighted by atomic mass is 10.1. The Bertz CT molecular complexity index is 284. The molecule has 0 aromatic heterocycles. The van der Waals surface area contributed by atoms with E-state index >= 15 is 0 Å². The summed E-state index contributed by atoms with van der Waals surface area (Å²) in [7, 11) is 0. The minimum Gasteiger partial charge on any atom is -0.368 e. The van der Waals surface area contributed by atoms with E-state index in [4.69, 9.17) is 5.73 Å². The number of nitrogens with two attached hydrogens (primary N) is 1. The van der Waals surface area contributed by atoms with Gasteiger partial charge in [-0.15, -0.1) is 0 Å². The van der Waals surface area contributed by atoms with Crippen LogP contribution >= 0.6 is 0 Å². The van der Waals surface area contributed by atoms with E-state index in [1.54, 1.807) is 4.90 Å². The number of carbonyl (C=O) groups excluding carboxylic acids is 2. The molecule has 0 aromatic rings. The van der Waals surface area contributed by atoms with E-state index in [1.165, 1.54) is 0 Å². The molecule has 0 aromatic carbocycles. The highest BCUT2D eigenvalue weighted by Crippen LogP contribution is 2.47. The van der Waals surface area contributed by atoms with Crippen molar-refractivity contribution in [2.24, 2.45) is 11.1 Å². The highest BCUT2D eigenvalue weighted by atomic mass is 16.2. The van der Waals surface area contributed by atoms with Gasteiger partial charge in [-0.3, -0.25) is 9.59 Å². The molecule has 1 aliphatic heterocycles. The van der Waals surface area contributed by atoms with Gasteiger partial charge in [-0.1, -0.05) is 6.92 Å². The zero-order chi connectivity index (χ0) is 10.3. The van der Waals surface area contributed by atoms with Crippen molar-refractivity contribution >= 4 is 11.8 Å². The molecular weight excluding hydrogens is 180 g/mol. The van der Waals surface area contributed by atoms with E-state index < -0.39 is 0 Å². The molecule has 78 valence electrons. The van der Waals surface area contributed by atoms with Crippen LogP contribution in [0.5, 0.6) is 0 Å². The van der Waals surface area contributed by atoms with Crippen molar-refractivity contribution in [2.45, 2.75) is 38.6 Å². The van der Waals surface area contributed by atoms with Gasteiger partial charge in [0, 0.05) is 12.0 Å². The van der Waals surface area contributed by atoms with Gasteiger partial charge in [0.2, 0.25) is 11.8 Å². The maximum Gasteiger partial charge on any atom is 0.240 e. The van der Waals surface area contributed by atoms with Crippen LogP contribution in [0.2, 0.25) is 0 Å². The van der Waals surface area contributed by atoms with Crippen LogP contribution in [-0.4, -0.2) is 29.3 Å². The van der Waals surface area contributed by atoms with Crippen molar-refractivity contribution in [1.29, 1.82) is 0 Å². The van der Waals surface area contributed by atoms with Gasteiger partial charge < -0.3 is 10.6 Å². The first-order valence-corrected chi connectivity index (χ1v) is 5.15. The molecule has 1 atom stereocenters. The van der Waals surface area contributed by atoms with Crippen molar-refractivity contribution in [3.8, 4) is 0 Å². The molecule has 2 rings (SSSR count). The molecule has 1 unspecified atom stereocenters. The Hall–Kier alpha value is -1.06. The van der Waals surface area contributed by atoms with E-state index in [0.717, 1.165) is 25.7 Å². The molecule has 1 aliphatic carbocycles. The Morgan fingerprint density at radius 2 is 2.07 bits per heavy atom. The second kappa shape index (κ2) is 2.97. The third kappa shape index (κ3) is 1.38. The smallest absolute Gasteiger partial charge is 0.240 e. The van der Waals surface area contributed by atoms with E-state index in [2.05, 4.69) is 0 Å². The number of hydrogen-bond acceptors (Lipinski definition) is 2. The fourth-order valence-electron chi connectivity index (χ4n) is 2.05. The van der Waals surface area contributed by atoms with Crippen molar-refractivity contribution in [1.82, 2.24) is 4.90 Å². The standard InChI is InChI=1S/C10H16N2O2/c1-10(4-5-10)9(14)12-6-2-3-7(12)8(11)13/h7H,2-6H2,1H3,(H2,11,13). The molecule has 0 radical (unpaired) electrons. The maximum atomic E-state index is 12.0. The van der Waals surface area contributed by atoms with Crippen molar-refractivity contribution in [3.63, 3.8) is 0 Å². The van der Waals surface area contributed by atoms with Crippen LogP contribution in [0.25, 0.3) is 0 Å². The van der Waals surface area contributed by atoms with Gasteiger partial charge in [0.25, 0.3) is 0 Å². The normalized spacial score (nSPS) is 28.9. The van der Waals surface area contributed by atoms with Gasteiger partial charge >= 0.3 is 0 Å². The monoisotopic (exact) mass is 196 g/mol. The Labute approximate surface area is 83.4 Å². The first kappa shape index (κ1) is 9.49. The highest BCUT2D eigenvalue weighted by molar-refractivity contribution is 5.91. The van der Waals surface area contributed by atoms with Gasteiger partial charge in [0.1, 0.15) is 6.04 Å². The average molecular weight is 196 g/mol. The van der Waals surface area contributed by atoms with Crippen molar-refractivity contribution in [2.75, 3.05) is 6.54 Å². The summed E-state index contributed by atoms with van der Waals surface area (Å²) in [4.78, 5) is 24.7. The molecule has 1 saturated carbocycles. The molecule has 14 heavy (non-hydrogen) atoms. The first-order chi connectivity index (χ1) is 6.54. The predicted octanol–water partition coefficient (Wildman–Crippen LogP) is 0.263. The highest BCUT2D eigenvalue weighted by Gasteiger charge is 2.49. The summed E-state index contributed by atoms with van der Waals surface area (Å²) in [6.45, 7) is 2.66. The van der Waals surface area contributed by atoms with Crippen LogP contribution < -0.4 is 5.73 Å². The number of nitrogens with zero attached hydrogens (tertiary/aromatic N) is 1. The van der Waals surface area contributed by atoms with Crippen LogP contribution in [-0.2, 0) is 9.59 Å². The minimum absolute atomic E-state index is 0.124. The molecule has 4 heteroatoms. The molecular formula is C10H16N2O2. The van der Waals surface area contributed by atoms with Crippen LogP contribution in [0.3, 0.4) is 0 Å². The first-order valence-electron chi connectivity index (χ1n) is 5.15. The van der Waals surface area contributed by atoms with E-state index in [-0.39, 0.29) is 23.3 Å². The third-order valence-electron chi connectivity index (χ3n) is 3.36. The van der Waals surface area contributed by atoms with Crippen molar-refractivity contribution < 1.29 is 9.59 Å². The zero-order valence-electron chi connectivity index (χ0n) is 8.45. The second-order valence-electron chi connectivity index (χ2n) is 4.62. The van der Waals surface area contributed by atoms with Gasteiger partial charge in [0.15, 0.2) is 0 Å². The van der Waals surface area contributed by atoms with E-state index in [1.807, 2.05) is 6.92 Å². The molecule has 2 fully saturated rings. The topological polar surface area (TPSA) is 63.4 Å². The van der Waals surface area contributed by atoms with Crippen LogP contribution in [0.4, 0.5) is 0 Å². The van der Waals surface area contributed by atoms with Gasteiger partial charge in [-0.25, -0.2) is 0 Å². The summed E-state index contributed by atoms with van der Waals surface area (Å²) in [5, 5.41) is 0. The van der Waals surface area contributed by atoms with Gasteiger partial charge in [-0.2, -0.15) is 0 Å². The number of primary amides is 1. The Morgan fingerprint density at radius 3 is 2.57 bits per heavy atom. The van der Waals surface area contributed by atoms with Crippen LogP contribution in [0, 0.1) is 5.41 Å². The number of carbonyl (C=O) groups is 2. The lowest BCUT2D eigenvalue weighted by molar-refractivity contribution is -0.141.